The summed E-state index contributed by atoms with van der Waals surface area (Å²) in [6, 6.07) is 7.36. The molecule has 0 radical (unpaired) electrons. The van der Waals surface area contributed by atoms with Gasteiger partial charge in [-0.25, -0.2) is 4.39 Å². The third-order valence-electron chi connectivity index (χ3n) is 4.71. The number of alkyl halides is 3. The van der Waals surface area contributed by atoms with E-state index in [1.54, 1.807) is 4.90 Å². The number of aromatic nitrogens is 2. The fourth-order valence-corrected chi connectivity index (χ4v) is 3.29. The van der Waals surface area contributed by atoms with Gasteiger partial charge in [0.15, 0.2) is 11.5 Å². The van der Waals surface area contributed by atoms with E-state index >= 15 is 0 Å². The second-order valence-electron chi connectivity index (χ2n) is 6.61. The number of piperidine rings is 1. The van der Waals surface area contributed by atoms with E-state index in [1.807, 2.05) is 5.32 Å². The van der Waals surface area contributed by atoms with Crippen LogP contribution in [0, 0.1) is 5.82 Å². The van der Waals surface area contributed by atoms with Gasteiger partial charge in [0, 0.05) is 19.0 Å². The minimum Gasteiger partial charge on any atom is -0.364 e. The summed E-state index contributed by atoms with van der Waals surface area (Å²) in [7, 11) is 0. The van der Waals surface area contributed by atoms with E-state index in [-0.39, 0.29) is 12.2 Å². The lowest BCUT2D eigenvalue weighted by molar-refractivity contribution is -0.174. The molecule has 1 aromatic heterocycles. The molecule has 2 unspecified atom stereocenters. The van der Waals surface area contributed by atoms with Gasteiger partial charge in [-0.2, -0.15) is 13.2 Å². The number of benzene rings is 1. The molecular formula is C18H17F4N5O2. The second-order valence-corrected chi connectivity index (χ2v) is 6.61. The first-order valence-corrected chi connectivity index (χ1v) is 8.67. The summed E-state index contributed by atoms with van der Waals surface area (Å²) < 4.78 is 51.6. The second kappa shape index (κ2) is 8.02. The number of hydrogen-bond donors (Lipinski definition) is 2. The summed E-state index contributed by atoms with van der Waals surface area (Å²) in [6.45, 7) is 0.430. The first-order valence-electron chi connectivity index (χ1n) is 8.67. The van der Waals surface area contributed by atoms with Gasteiger partial charge in [0.1, 0.15) is 5.82 Å². The van der Waals surface area contributed by atoms with Crippen molar-refractivity contribution in [1.29, 1.82) is 0 Å². The number of carbonyl (C=O) groups is 2. The van der Waals surface area contributed by atoms with E-state index in [0.717, 1.165) is 0 Å². The van der Waals surface area contributed by atoms with E-state index in [0.29, 0.717) is 24.3 Å². The van der Waals surface area contributed by atoms with Crippen LogP contribution < -0.4 is 16.0 Å². The Morgan fingerprint density at radius 2 is 1.79 bits per heavy atom. The van der Waals surface area contributed by atoms with Crippen molar-refractivity contribution in [2.75, 3.05) is 18.0 Å². The Morgan fingerprint density at radius 1 is 1.10 bits per heavy atom. The molecule has 7 nitrogen and oxygen atoms in total. The standard InChI is InChI=1S/C18H17F4N5O2/c19-11-3-1-10(2-4-11)12-7-8-27(9-14(12)24-17(29)18(20,21)22)15-6-5-13(16(23)28)25-26-15/h1-6,12,14H,7-9H2,(H2,23,28)(H,24,29). The maximum atomic E-state index is 13.2. The van der Waals surface area contributed by atoms with Gasteiger partial charge in [0.2, 0.25) is 0 Å². The molecule has 154 valence electrons. The largest absolute Gasteiger partial charge is 0.471 e. The van der Waals surface area contributed by atoms with E-state index < -0.39 is 35.8 Å². The Hall–Kier alpha value is -3.24. The highest BCUT2D eigenvalue weighted by Crippen LogP contribution is 2.31. The molecule has 2 heterocycles. The topological polar surface area (TPSA) is 101 Å². The highest BCUT2D eigenvalue weighted by Gasteiger charge is 2.42. The number of nitrogens with two attached hydrogens (primary N) is 1. The number of nitrogens with one attached hydrogen (secondary N) is 1. The summed E-state index contributed by atoms with van der Waals surface area (Å²) in [4.78, 5) is 24.3. The number of amides is 2. The van der Waals surface area contributed by atoms with Crippen LogP contribution in [-0.2, 0) is 4.79 Å². The maximum Gasteiger partial charge on any atom is 0.471 e. The van der Waals surface area contributed by atoms with Crippen molar-refractivity contribution in [3.8, 4) is 0 Å². The van der Waals surface area contributed by atoms with Gasteiger partial charge in [0.05, 0.1) is 6.04 Å². The molecule has 1 aliphatic heterocycles. The first-order chi connectivity index (χ1) is 13.6. The summed E-state index contributed by atoms with van der Waals surface area (Å²) in [5.41, 5.74) is 5.69. The number of nitrogens with zero attached hydrogens (tertiary/aromatic N) is 3. The highest BCUT2D eigenvalue weighted by molar-refractivity contribution is 5.90. The third kappa shape index (κ3) is 4.79. The van der Waals surface area contributed by atoms with Crippen molar-refractivity contribution in [1.82, 2.24) is 15.5 Å². The van der Waals surface area contributed by atoms with Gasteiger partial charge in [0.25, 0.3) is 5.91 Å². The van der Waals surface area contributed by atoms with Crippen LogP contribution in [0.1, 0.15) is 28.4 Å². The molecule has 11 heteroatoms. The van der Waals surface area contributed by atoms with Gasteiger partial charge < -0.3 is 16.0 Å². The number of halogens is 4. The van der Waals surface area contributed by atoms with Crippen LogP contribution in [0.25, 0.3) is 0 Å². The van der Waals surface area contributed by atoms with Gasteiger partial charge in [-0.1, -0.05) is 12.1 Å². The van der Waals surface area contributed by atoms with Crippen molar-refractivity contribution in [3.05, 3.63) is 53.5 Å². The van der Waals surface area contributed by atoms with Crippen molar-refractivity contribution in [2.24, 2.45) is 5.73 Å². The third-order valence-corrected chi connectivity index (χ3v) is 4.71. The molecule has 0 bridgehead atoms. The number of carbonyl (C=O) groups excluding carboxylic acids is 2. The molecule has 1 fully saturated rings. The highest BCUT2D eigenvalue weighted by atomic mass is 19.4. The molecular weight excluding hydrogens is 394 g/mol. The summed E-state index contributed by atoms with van der Waals surface area (Å²) >= 11 is 0. The zero-order chi connectivity index (χ0) is 21.2. The first kappa shape index (κ1) is 20.5. The fraction of sp³-hybridized carbons (Fsp3) is 0.333. The summed E-state index contributed by atoms with van der Waals surface area (Å²) in [5, 5.41) is 9.61. The van der Waals surface area contributed by atoms with Crippen molar-refractivity contribution < 1.29 is 27.2 Å². The Labute approximate surface area is 162 Å². The van der Waals surface area contributed by atoms with Crippen LogP contribution in [-0.4, -0.2) is 47.3 Å². The van der Waals surface area contributed by atoms with Crippen LogP contribution in [0.15, 0.2) is 36.4 Å². The zero-order valence-electron chi connectivity index (χ0n) is 15.0. The lowest BCUT2D eigenvalue weighted by atomic mass is 9.85. The molecule has 29 heavy (non-hydrogen) atoms. The molecule has 2 atom stereocenters. The smallest absolute Gasteiger partial charge is 0.364 e. The minimum atomic E-state index is -5.03. The molecule has 2 amide bonds. The average Bonchev–Trinajstić information content (AvgIpc) is 2.68. The lowest BCUT2D eigenvalue weighted by Gasteiger charge is -2.39. The van der Waals surface area contributed by atoms with Crippen LogP contribution in [0.5, 0.6) is 0 Å². The summed E-state index contributed by atoms with van der Waals surface area (Å²) in [6.07, 6.45) is -4.65. The predicted molar refractivity (Wildman–Crippen MR) is 94.5 cm³/mol. The number of rotatable bonds is 4. The summed E-state index contributed by atoms with van der Waals surface area (Å²) in [5.74, 6) is -3.39. The van der Waals surface area contributed by atoms with Crippen LogP contribution >= 0.6 is 0 Å². The Bertz CT molecular complexity index is 887. The predicted octanol–water partition coefficient (Wildman–Crippen LogP) is 1.76. The van der Waals surface area contributed by atoms with E-state index in [9.17, 15) is 27.2 Å². The molecule has 0 aliphatic carbocycles. The van der Waals surface area contributed by atoms with Crippen LogP contribution in [0.2, 0.25) is 0 Å². The van der Waals surface area contributed by atoms with E-state index in [4.69, 9.17) is 5.73 Å². The van der Waals surface area contributed by atoms with Crippen LogP contribution in [0.3, 0.4) is 0 Å². The molecule has 1 aromatic carbocycles. The Balaban J connectivity index is 1.84. The SMILES string of the molecule is NC(=O)c1ccc(N2CCC(c3ccc(F)cc3)C(NC(=O)C(F)(F)F)C2)nn1. The van der Waals surface area contributed by atoms with Gasteiger partial charge in [-0.3, -0.25) is 9.59 Å². The zero-order valence-corrected chi connectivity index (χ0v) is 15.0. The van der Waals surface area contributed by atoms with Gasteiger partial charge in [-0.15, -0.1) is 10.2 Å². The minimum absolute atomic E-state index is 0.0223. The average molecular weight is 411 g/mol. The normalized spacial score (nSPS) is 19.7. The van der Waals surface area contributed by atoms with Gasteiger partial charge in [-0.05, 0) is 36.2 Å². The molecule has 1 saturated heterocycles. The Morgan fingerprint density at radius 3 is 2.34 bits per heavy atom. The number of primary amides is 1. The number of anilines is 1. The lowest BCUT2D eigenvalue weighted by Crippen LogP contribution is -2.54. The van der Waals surface area contributed by atoms with Crippen molar-refractivity contribution in [3.63, 3.8) is 0 Å². The van der Waals surface area contributed by atoms with Gasteiger partial charge >= 0.3 is 12.1 Å². The molecule has 1 aliphatic rings. The Kier molecular flexibility index (Phi) is 5.66. The van der Waals surface area contributed by atoms with Crippen molar-refractivity contribution in [2.45, 2.75) is 24.6 Å². The molecule has 0 saturated carbocycles. The van der Waals surface area contributed by atoms with Crippen LogP contribution in [0.4, 0.5) is 23.4 Å². The molecule has 0 spiro atoms. The van der Waals surface area contributed by atoms with E-state index in [1.165, 1.54) is 36.4 Å². The quantitative estimate of drug-likeness (QED) is 0.747. The molecule has 3 N–H and O–H groups in total. The van der Waals surface area contributed by atoms with E-state index in [2.05, 4.69) is 10.2 Å². The fourth-order valence-electron chi connectivity index (χ4n) is 3.29. The van der Waals surface area contributed by atoms with Crippen molar-refractivity contribution >= 4 is 17.6 Å². The molecule has 3 rings (SSSR count). The number of hydrogen-bond acceptors (Lipinski definition) is 5. The molecule has 2 aromatic rings. The monoisotopic (exact) mass is 411 g/mol. The maximum absolute atomic E-state index is 13.2.